The molecule has 4 aliphatic carbocycles. The molecule has 4 aliphatic rings. The summed E-state index contributed by atoms with van der Waals surface area (Å²) in [5.74, 6) is 1.85. The van der Waals surface area contributed by atoms with E-state index in [9.17, 15) is 9.90 Å². The van der Waals surface area contributed by atoms with E-state index in [-0.39, 0.29) is 29.6 Å². The average molecular weight is 428 g/mol. The van der Waals surface area contributed by atoms with Gasteiger partial charge >= 0.3 is 0 Å². The Morgan fingerprint density at radius 3 is 2.77 bits per heavy atom. The Hall–Kier alpha value is -1.74. The lowest BCUT2D eigenvalue weighted by Crippen LogP contribution is -2.52. The number of hydrogen-bond donors (Lipinski definition) is 1. The minimum absolute atomic E-state index is 0.0316. The maximum atomic E-state index is 15.6. The molecule has 1 heterocycles. The van der Waals surface area contributed by atoms with Gasteiger partial charge in [-0.05, 0) is 99.4 Å². The molecule has 168 valence electrons. The van der Waals surface area contributed by atoms with Crippen molar-refractivity contribution in [2.24, 2.45) is 40.9 Å². The lowest BCUT2D eigenvalue weighted by atomic mass is 9.48. The Labute approximate surface area is 184 Å². The summed E-state index contributed by atoms with van der Waals surface area (Å²) >= 11 is 0. The molecule has 1 aromatic rings. The van der Waals surface area contributed by atoms with Gasteiger partial charge in [-0.25, -0.2) is 4.39 Å². The first kappa shape index (κ1) is 21.1. The first-order valence-electron chi connectivity index (χ1n) is 12.0. The lowest BCUT2D eigenvalue weighted by molar-refractivity contribution is -0.134. The van der Waals surface area contributed by atoms with Gasteiger partial charge in [0.2, 0.25) is 0 Å². The summed E-state index contributed by atoms with van der Waals surface area (Å²) in [4.78, 5) is 13.2. The van der Waals surface area contributed by atoms with Crippen LogP contribution in [0.3, 0.4) is 0 Å². The summed E-state index contributed by atoms with van der Waals surface area (Å²) in [6.07, 6.45) is 8.00. The summed E-state index contributed by atoms with van der Waals surface area (Å²) in [6, 6.07) is 3.60. The lowest BCUT2D eigenvalue weighted by Gasteiger charge is -2.57. The summed E-state index contributed by atoms with van der Waals surface area (Å²) in [5.41, 5.74) is -0.520. The largest absolute Gasteiger partial charge is 0.390 e. The highest BCUT2D eigenvalue weighted by Crippen LogP contribution is 2.65. The molecule has 0 saturated heterocycles. The number of rotatable bonds is 3. The number of fused-ring (bicyclic) bond motifs is 5. The fraction of sp³-hybridized carbons (Fsp3) is 0.800. The highest BCUT2D eigenvalue weighted by molar-refractivity contribution is 5.82. The SMILES string of the molecule is C[C@@]1(O)CC[C@H]2[C@H](CC[C@@H]3[C@@H]2CC[C@]2(C)[C@@H](C(=O)Cn4ccc(C#N)n4)CC(F)[C@@H]32)C1. The van der Waals surface area contributed by atoms with Crippen LogP contribution in [0.4, 0.5) is 4.39 Å². The van der Waals surface area contributed by atoms with Gasteiger partial charge in [-0.1, -0.05) is 6.92 Å². The molecule has 1 N–H and O–H groups in total. The van der Waals surface area contributed by atoms with Crippen LogP contribution >= 0.6 is 0 Å². The molecule has 4 fully saturated rings. The minimum atomic E-state index is -0.915. The van der Waals surface area contributed by atoms with Gasteiger partial charge in [-0.15, -0.1) is 0 Å². The van der Waals surface area contributed by atoms with Gasteiger partial charge in [0, 0.05) is 12.1 Å². The van der Waals surface area contributed by atoms with Crippen molar-refractivity contribution in [3.05, 3.63) is 18.0 Å². The average Bonchev–Trinajstić information content (AvgIpc) is 3.28. The van der Waals surface area contributed by atoms with E-state index in [0.717, 1.165) is 44.9 Å². The molecule has 9 atom stereocenters. The van der Waals surface area contributed by atoms with Gasteiger partial charge in [0.1, 0.15) is 12.2 Å². The molecular formula is C25H34FN3O2. The fourth-order valence-corrected chi connectivity index (χ4v) is 8.36. The Morgan fingerprint density at radius 2 is 2.03 bits per heavy atom. The molecule has 1 aromatic heterocycles. The number of Topliss-reactive ketones (excluding diaryl/α,β-unsaturated/α-hetero) is 1. The Morgan fingerprint density at radius 1 is 1.26 bits per heavy atom. The number of hydrogen-bond acceptors (Lipinski definition) is 4. The first-order valence-corrected chi connectivity index (χ1v) is 12.0. The zero-order valence-corrected chi connectivity index (χ0v) is 18.6. The molecule has 0 spiro atoms. The second-order valence-corrected chi connectivity index (χ2v) is 11.4. The third kappa shape index (κ3) is 3.44. The zero-order valence-electron chi connectivity index (χ0n) is 18.6. The number of halogens is 1. The van der Waals surface area contributed by atoms with Crippen LogP contribution in [0.2, 0.25) is 0 Å². The van der Waals surface area contributed by atoms with Crippen LogP contribution in [-0.2, 0) is 11.3 Å². The van der Waals surface area contributed by atoms with Crippen LogP contribution in [-0.4, -0.2) is 32.4 Å². The van der Waals surface area contributed by atoms with E-state index in [1.807, 2.05) is 13.0 Å². The van der Waals surface area contributed by atoms with Crippen LogP contribution in [0.5, 0.6) is 0 Å². The maximum Gasteiger partial charge on any atom is 0.162 e. The number of aromatic nitrogens is 2. The first-order chi connectivity index (χ1) is 14.7. The molecule has 5 nitrogen and oxygen atoms in total. The van der Waals surface area contributed by atoms with Crippen molar-refractivity contribution in [1.82, 2.24) is 9.78 Å². The number of ketones is 1. The van der Waals surface area contributed by atoms with E-state index in [0.29, 0.717) is 35.8 Å². The topological polar surface area (TPSA) is 78.9 Å². The molecule has 0 bridgehead atoms. The molecule has 31 heavy (non-hydrogen) atoms. The quantitative estimate of drug-likeness (QED) is 0.780. The Kier molecular flexibility index (Phi) is 5.04. The van der Waals surface area contributed by atoms with Crippen molar-refractivity contribution in [1.29, 1.82) is 5.26 Å². The van der Waals surface area contributed by atoms with Gasteiger partial charge in [-0.2, -0.15) is 10.4 Å². The predicted octanol–water partition coefficient (Wildman–Crippen LogP) is 4.29. The summed E-state index contributed by atoms with van der Waals surface area (Å²) in [7, 11) is 0. The van der Waals surface area contributed by atoms with Crippen LogP contribution in [0.25, 0.3) is 0 Å². The molecule has 0 aromatic carbocycles. The number of aliphatic hydroxyl groups is 1. The molecule has 4 saturated carbocycles. The number of carbonyl (C=O) groups excluding carboxylic acids is 1. The van der Waals surface area contributed by atoms with Gasteiger partial charge in [0.05, 0.1) is 12.1 Å². The van der Waals surface area contributed by atoms with Crippen LogP contribution in [0.1, 0.15) is 70.9 Å². The van der Waals surface area contributed by atoms with Crippen molar-refractivity contribution < 1.29 is 14.3 Å². The van der Waals surface area contributed by atoms with Gasteiger partial charge in [0.25, 0.3) is 0 Å². The third-order valence-corrected chi connectivity index (χ3v) is 9.64. The van der Waals surface area contributed by atoms with Crippen LogP contribution in [0.15, 0.2) is 12.3 Å². The van der Waals surface area contributed by atoms with Gasteiger partial charge < -0.3 is 5.11 Å². The molecular weight excluding hydrogens is 393 g/mol. The van der Waals surface area contributed by atoms with E-state index >= 15 is 4.39 Å². The molecule has 0 aliphatic heterocycles. The maximum absolute atomic E-state index is 15.6. The smallest absolute Gasteiger partial charge is 0.162 e. The van der Waals surface area contributed by atoms with E-state index in [4.69, 9.17) is 5.26 Å². The summed E-state index contributed by atoms with van der Waals surface area (Å²) < 4.78 is 17.1. The van der Waals surface area contributed by atoms with Crippen molar-refractivity contribution in [3.63, 3.8) is 0 Å². The molecule has 0 amide bonds. The highest BCUT2D eigenvalue weighted by Gasteiger charge is 2.62. The Balaban J connectivity index is 1.34. The van der Waals surface area contributed by atoms with Crippen molar-refractivity contribution in [3.8, 4) is 6.07 Å². The van der Waals surface area contributed by atoms with Crippen LogP contribution in [0, 0.1) is 52.3 Å². The van der Waals surface area contributed by atoms with E-state index in [2.05, 4.69) is 12.0 Å². The molecule has 0 radical (unpaired) electrons. The fourth-order valence-electron chi connectivity index (χ4n) is 8.36. The van der Waals surface area contributed by atoms with E-state index in [1.54, 1.807) is 12.3 Å². The Bertz CT molecular complexity index is 905. The van der Waals surface area contributed by atoms with Gasteiger partial charge in [-0.3, -0.25) is 9.48 Å². The standard InChI is InChI=1S/C25H34FN3O2/c1-24(31)8-5-17-15(12-24)3-4-19-18(17)6-9-25(2)20(11-21(26)23(19)25)22(30)14-29-10-7-16(13-27)28-29/h7,10,15,17-21,23,31H,3-6,8-9,11-12,14H2,1-2H3/t15-,17+,18-,19-,20-,21?,23-,24-,25-/m1/s1. The van der Waals surface area contributed by atoms with Gasteiger partial charge in [0.15, 0.2) is 11.5 Å². The number of nitrogens with zero attached hydrogens (tertiary/aromatic N) is 3. The molecule has 6 heteroatoms. The van der Waals surface area contributed by atoms with Crippen LogP contribution < -0.4 is 0 Å². The zero-order chi connectivity index (χ0) is 22.0. The molecule has 1 unspecified atom stereocenters. The normalized spacial score (nSPS) is 46.5. The summed E-state index contributed by atoms with van der Waals surface area (Å²) in [6.45, 7) is 4.25. The third-order valence-electron chi connectivity index (χ3n) is 9.64. The van der Waals surface area contributed by atoms with E-state index < -0.39 is 11.8 Å². The summed E-state index contributed by atoms with van der Waals surface area (Å²) in [5, 5.41) is 23.7. The van der Waals surface area contributed by atoms with Crippen molar-refractivity contribution in [2.45, 2.75) is 83.5 Å². The minimum Gasteiger partial charge on any atom is -0.390 e. The molecule has 5 rings (SSSR count). The second kappa shape index (κ2) is 7.40. The predicted molar refractivity (Wildman–Crippen MR) is 113 cm³/mol. The highest BCUT2D eigenvalue weighted by atomic mass is 19.1. The van der Waals surface area contributed by atoms with E-state index in [1.165, 1.54) is 4.68 Å². The monoisotopic (exact) mass is 427 g/mol. The number of alkyl halides is 1. The second-order valence-electron chi connectivity index (χ2n) is 11.4. The number of nitriles is 1. The van der Waals surface area contributed by atoms with Crippen molar-refractivity contribution in [2.75, 3.05) is 0 Å². The number of carbonyl (C=O) groups is 1. The van der Waals surface area contributed by atoms with Crippen molar-refractivity contribution >= 4 is 5.78 Å².